The van der Waals surface area contributed by atoms with Crippen molar-refractivity contribution in [2.24, 2.45) is 0 Å². The molecule has 128 valence electrons. The van der Waals surface area contributed by atoms with Gasteiger partial charge in [-0.15, -0.1) is 0 Å². The summed E-state index contributed by atoms with van der Waals surface area (Å²) in [4.78, 5) is 26.9. The highest BCUT2D eigenvalue weighted by Crippen LogP contribution is 2.25. The number of hydrogen-bond acceptors (Lipinski definition) is 6. The van der Waals surface area contributed by atoms with Crippen LogP contribution >= 0.6 is 11.8 Å². The Morgan fingerprint density at radius 2 is 2.04 bits per heavy atom. The van der Waals surface area contributed by atoms with E-state index in [9.17, 15) is 20.2 Å². The van der Waals surface area contributed by atoms with E-state index in [-0.39, 0.29) is 17.3 Å². The van der Waals surface area contributed by atoms with Gasteiger partial charge in [0.05, 0.1) is 16.2 Å². The number of nitro groups is 1. The molecular weight excluding hydrogens is 340 g/mol. The van der Waals surface area contributed by atoms with Gasteiger partial charge in [-0.1, -0.05) is 17.8 Å². The van der Waals surface area contributed by atoms with E-state index in [1.807, 2.05) is 19.9 Å². The summed E-state index contributed by atoms with van der Waals surface area (Å²) in [6.07, 6.45) is 0. The molecule has 2 rings (SSSR count). The van der Waals surface area contributed by atoms with Gasteiger partial charge in [0.15, 0.2) is 0 Å². The smallest absolute Gasteiger partial charge is 0.274 e. The number of hydrogen-bond donors (Lipinski definition) is 1. The van der Waals surface area contributed by atoms with E-state index >= 15 is 0 Å². The van der Waals surface area contributed by atoms with Gasteiger partial charge in [0.1, 0.15) is 11.1 Å². The molecule has 0 spiro atoms. The molecule has 0 aliphatic heterocycles. The molecule has 0 bridgehead atoms. The van der Waals surface area contributed by atoms with Crippen LogP contribution in [0, 0.1) is 42.2 Å². The van der Waals surface area contributed by atoms with Crippen LogP contribution in [0.25, 0.3) is 0 Å². The molecule has 0 saturated carbocycles. The summed E-state index contributed by atoms with van der Waals surface area (Å²) in [6, 6.07) is 8.44. The second kappa shape index (κ2) is 7.77. The fraction of sp³-hybridized carbons (Fsp3) is 0.235. The van der Waals surface area contributed by atoms with E-state index in [2.05, 4.69) is 16.4 Å². The third kappa shape index (κ3) is 4.55. The first-order valence-electron chi connectivity index (χ1n) is 7.38. The fourth-order valence-corrected chi connectivity index (χ4v) is 3.16. The Morgan fingerprint density at radius 3 is 2.68 bits per heavy atom. The molecule has 1 heterocycles. The number of pyridine rings is 1. The number of nitro benzene ring substituents is 1. The van der Waals surface area contributed by atoms with Crippen LogP contribution in [0.2, 0.25) is 0 Å². The number of carbonyl (C=O) groups is 1. The van der Waals surface area contributed by atoms with Gasteiger partial charge in [-0.3, -0.25) is 14.9 Å². The molecule has 0 atom stereocenters. The Balaban J connectivity index is 2.09. The second-order valence-electron chi connectivity index (χ2n) is 5.47. The zero-order chi connectivity index (χ0) is 18.6. The summed E-state index contributed by atoms with van der Waals surface area (Å²) in [7, 11) is 0. The van der Waals surface area contributed by atoms with Crippen molar-refractivity contribution in [3.63, 3.8) is 0 Å². The average molecular weight is 356 g/mol. The van der Waals surface area contributed by atoms with Gasteiger partial charge < -0.3 is 5.32 Å². The summed E-state index contributed by atoms with van der Waals surface area (Å²) < 4.78 is 0. The third-order valence-corrected chi connectivity index (χ3v) is 4.43. The molecule has 0 fully saturated rings. The van der Waals surface area contributed by atoms with Crippen molar-refractivity contribution in [1.82, 2.24) is 4.98 Å². The summed E-state index contributed by atoms with van der Waals surface area (Å²) in [5.41, 5.74) is 2.87. The fourth-order valence-electron chi connectivity index (χ4n) is 2.26. The van der Waals surface area contributed by atoms with Gasteiger partial charge in [0.25, 0.3) is 5.69 Å². The lowest BCUT2D eigenvalue weighted by Gasteiger charge is -2.08. The molecule has 0 aliphatic rings. The van der Waals surface area contributed by atoms with E-state index in [0.717, 1.165) is 23.0 Å². The largest absolute Gasteiger partial charge is 0.325 e. The predicted octanol–water partition coefficient (Wildman–Crippen LogP) is 3.52. The normalized spacial score (nSPS) is 10.2. The van der Waals surface area contributed by atoms with Crippen LogP contribution in [0.15, 0.2) is 29.3 Å². The molecule has 1 aromatic heterocycles. The van der Waals surface area contributed by atoms with Crippen LogP contribution in [0.4, 0.5) is 11.4 Å². The number of benzene rings is 1. The number of carbonyl (C=O) groups excluding carboxylic acids is 1. The number of rotatable bonds is 5. The van der Waals surface area contributed by atoms with Crippen molar-refractivity contribution in [1.29, 1.82) is 5.26 Å². The summed E-state index contributed by atoms with van der Waals surface area (Å²) in [5, 5.41) is 23.3. The first-order chi connectivity index (χ1) is 11.8. The molecule has 0 radical (unpaired) electrons. The second-order valence-corrected chi connectivity index (χ2v) is 6.43. The lowest BCUT2D eigenvalue weighted by Crippen LogP contribution is -2.14. The number of nitrogens with one attached hydrogen (secondary N) is 1. The van der Waals surface area contributed by atoms with Crippen LogP contribution in [-0.2, 0) is 4.79 Å². The first kappa shape index (κ1) is 18.4. The monoisotopic (exact) mass is 356 g/mol. The number of aromatic nitrogens is 1. The Hall–Kier alpha value is -2.92. The van der Waals surface area contributed by atoms with Gasteiger partial charge in [0.2, 0.25) is 5.91 Å². The van der Waals surface area contributed by atoms with Crippen LogP contribution in [0.1, 0.15) is 22.4 Å². The van der Waals surface area contributed by atoms with Crippen molar-refractivity contribution < 1.29 is 9.72 Å². The number of nitrogens with zero attached hydrogens (tertiary/aromatic N) is 3. The molecule has 8 heteroatoms. The van der Waals surface area contributed by atoms with E-state index in [1.54, 1.807) is 19.1 Å². The van der Waals surface area contributed by atoms with Crippen LogP contribution in [0.3, 0.4) is 0 Å². The predicted molar refractivity (Wildman–Crippen MR) is 95.6 cm³/mol. The molecule has 1 amide bonds. The zero-order valence-corrected chi connectivity index (χ0v) is 14.8. The van der Waals surface area contributed by atoms with E-state index in [4.69, 9.17) is 0 Å². The maximum Gasteiger partial charge on any atom is 0.274 e. The molecule has 7 nitrogen and oxygen atoms in total. The standard InChI is InChI=1S/C17H16N4O3S/c1-10-4-5-13(7-15(10)21(23)24)20-16(22)9-25-17-14(8-18)11(2)6-12(3)19-17/h4-7H,9H2,1-3H3,(H,20,22). The van der Waals surface area contributed by atoms with Crippen LogP contribution < -0.4 is 5.32 Å². The number of thioether (sulfide) groups is 1. The molecule has 0 unspecified atom stereocenters. The van der Waals surface area contributed by atoms with Crippen molar-refractivity contribution in [2.45, 2.75) is 25.8 Å². The highest BCUT2D eigenvalue weighted by atomic mass is 32.2. The van der Waals surface area contributed by atoms with Crippen molar-refractivity contribution in [3.8, 4) is 6.07 Å². The summed E-state index contributed by atoms with van der Waals surface area (Å²) in [5.74, 6) is -0.278. The lowest BCUT2D eigenvalue weighted by atomic mass is 10.1. The maximum absolute atomic E-state index is 12.1. The summed E-state index contributed by atoms with van der Waals surface area (Å²) >= 11 is 1.16. The summed E-state index contributed by atoms with van der Waals surface area (Å²) in [6.45, 7) is 5.28. The van der Waals surface area contributed by atoms with Gasteiger partial charge in [0, 0.05) is 23.0 Å². The highest BCUT2D eigenvalue weighted by molar-refractivity contribution is 8.00. The van der Waals surface area contributed by atoms with Gasteiger partial charge in [-0.05, 0) is 38.5 Å². The van der Waals surface area contributed by atoms with Crippen molar-refractivity contribution >= 4 is 29.0 Å². The number of amides is 1. The van der Waals surface area contributed by atoms with E-state index in [0.29, 0.717) is 21.8 Å². The van der Waals surface area contributed by atoms with E-state index < -0.39 is 4.92 Å². The highest BCUT2D eigenvalue weighted by Gasteiger charge is 2.14. The Bertz CT molecular complexity index is 890. The number of nitriles is 1. The molecule has 0 saturated heterocycles. The van der Waals surface area contributed by atoms with Crippen molar-refractivity contribution in [2.75, 3.05) is 11.1 Å². The third-order valence-electron chi connectivity index (χ3n) is 3.45. The quantitative estimate of drug-likeness (QED) is 0.499. The maximum atomic E-state index is 12.1. The molecule has 2 aromatic rings. The molecule has 0 aliphatic carbocycles. The molecule has 1 N–H and O–H groups in total. The zero-order valence-electron chi connectivity index (χ0n) is 14.0. The Kier molecular flexibility index (Phi) is 5.72. The lowest BCUT2D eigenvalue weighted by molar-refractivity contribution is -0.385. The minimum atomic E-state index is -0.488. The van der Waals surface area contributed by atoms with Gasteiger partial charge in [-0.25, -0.2) is 4.98 Å². The van der Waals surface area contributed by atoms with Crippen LogP contribution in [-0.4, -0.2) is 21.6 Å². The molecule has 1 aromatic carbocycles. The minimum absolute atomic E-state index is 0.0479. The van der Waals surface area contributed by atoms with E-state index in [1.165, 1.54) is 6.07 Å². The molecular formula is C17H16N4O3S. The average Bonchev–Trinajstić information content (AvgIpc) is 2.54. The van der Waals surface area contributed by atoms with Gasteiger partial charge >= 0.3 is 0 Å². The number of aryl methyl sites for hydroxylation is 3. The first-order valence-corrected chi connectivity index (χ1v) is 8.36. The van der Waals surface area contributed by atoms with Gasteiger partial charge in [-0.2, -0.15) is 5.26 Å². The van der Waals surface area contributed by atoms with Crippen molar-refractivity contribution in [3.05, 3.63) is 56.8 Å². The van der Waals surface area contributed by atoms with Crippen LogP contribution in [0.5, 0.6) is 0 Å². The Labute approximate surface area is 149 Å². The Morgan fingerprint density at radius 1 is 1.32 bits per heavy atom. The molecule has 25 heavy (non-hydrogen) atoms. The SMILES string of the molecule is Cc1cc(C)c(C#N)c(SCC(=O)Nc2ccc(C)c([N+](=O)[O-])c2)n1. The topological polar surface area (TPSA) is 109 Å². The minimum Gasteiger partial charge on any atom is -0.325 e. The number of anilines is 1.